The van der Waals surface area contributed by atoms with Crippen molar-refractivity contribution >= 4 is 0 Å². The van der Waals surface area contributed by atoms with Gasteiger partial charge in [-0.2, -0.15) is 5.10 Å². The van der Waals surface area contributed by atoms with Crippen molar-refractivity contribution in [2.75, 3.05) is 6.54 Å². The van der Waals surface area contributed by atoms with E-state index in [2.05, 4.69) is 29.3 Å². The van der Waals surface area contributed by atoms with Crippen LogP contribution in [0.2, 0.25) is 0 Å². The molecule has 3 heteroatoms. The standard InChI is InChI=1S/C12H19N3/c1-3-5-6-7-9-13-11-12-8-10-14-15(12)4-2/h1,8,10,13H,4-7,9,11H2,2H3. The van der Waals surface area contributed by atoms with Crippen molar-refractivity contribution < 1.29 is 0 Å². The van der Waals surface area contributed by atoms with E-state index in [1.165, 1.54) is 5.69 Å². The van der Waals surface area contributed by atoms with Gasteiger partial charge < -0.3 is 5.32 Å². The lowest BCUT2D eigenvalue weighted by molar-refractivity contribution is 0.568. The zero-order chi connectivity index (χ0) is 10.9. The Balaban J connectivity index is 2.12. The third kappa shape index (κ3) is 4.18. The minimum Gasteiger partial charge on any atom is -0.311 e. The van der Waals surface area contributed by atoms with Crippen LogP contribution in [0, 0.1) is 12.3 Å². The second kappa shape index (κ2) is 7.08. The topological polar surface area (TPSA) is 29.9 Å². The molecule has 0 aliphatic heterocycles. The summed E-state index contributed by atoms with van der Waals surface area (Å²) < 4.78 is 2.01. The van der Waals surface area contributed by atoms with Crippen molar-refractivity contribution in [3.05, 3.63) is 18.0 Å². The molecule has 0 bridgehead atoms. The number of nitrogens with one attached hydrogen (secondary N) is 1. The normalized spacial score (nSPS) is 10.1. The van der Waals surface area contributed by atoms with Gasteiger partial charge in [0.1, 0.15) is 0 Å². The summed E-state index contributed by atoms with van der Waals surface area (Å²) in [6.45, 7) is 4.95. The van der Waals surface area contributed by atoms with Gasteiger partial charge in [0.05, 0.1) is 5.69 Å². The van der Waals surface area contributed by atoms with Gasteiger partial charge in [0, 0.05) is 25.7 Å². The molecule has 0 aromatic carbocycles. The van der Waals surface area contributed by atoms with Crippen LogP contribution in [0.4, 0.5) is 0 Å². The molecule has 0 spiro atoms. The van der Waals surface area contributed by atoms with E-state index in [1.54, 1.807) is 0 Å². The number of hydrogen-bond acceptors (Lipinski definition) is 2. The molecular weight excluding hydrogens is 186 g/mol. The second-order valence-corrected chi connectivity index (χ2v) is 3.48. The van der Waals surface area contributed by atoms with Crippen molar-refractivity contribution in [3.8, 4) is 12.3 Å². The summed E-state index contributed by atoms with van der Waals surface area (Å²) in [7, 11) is 0. The van der Waals surface area contributed by atoms with Gasteiger partial charge in [-0.25, -0.2) is 0 Å². The molecule has 0 aliphatic carbocycles. The highest BCUT2D eigenvalue weighted by Gasteiger charge is 1.98. The van der Waals surface area contributed by atoms with Gasteiger partial charge in [0.25, 0.3) is 0 Å². The Morgan fingerprint density at radius 2 is 2.40 bits per heavy atom. The number of aromatic nitrogens is 2. The van der Waals surface area contributed by atoms with E-state index in [1.807, 2.05) is 10.9 Å². The van der Waals surface area contributed by atoms with Crippen LogP contribution >= 0.6 is 0 Å². The fourth-order valence-electron chi connectivity index (χ4n) is 1.49. The molecule has 0 unspecified atom stereocenters. The van der Waals surface area contributed by atoms with E-state index in [4.69, 9.17) is 6.42 Å². The molecule has 0 atom stereocenters. The average Bonchev–Trinajstić information content (AvgIpc) is 2.70. The number of rotatable bonds is 7. The average molecular weight is 205 g/mol. The SMILES string of the molecule is C#CCCCCNCc1ccnn1CC. The van der Waals surface area contributed by atoms with Gasteiger partial charge in [0.2, 0.25) is 0 Å². The predicted molar refractivity (Wildman–Crippen MR) is 62.3 cm³/mol. The zero-order valence-corrected chi connectivity index (χ0v) is 9.37. The van der Waals surface area contributed by atoms with E-state index >= 15 is 0 Å². The van der Waals surface area contributed by atoms with E-state index in [0.717, 1.165) is 38.9 Å². The van der Waals surface area contributed by atoms with Gasteiger partial charge in [-0.3, -0.25) is 4.68 Å². The molecular formula is C12H19N3. The third-order valence-corrected chi connectivity index (χ3v) is 2.33. The predicted octanol–water partition coefficient (Wildman–Crippen LogP) is 1.80. The number of hydrogen-bond donors (Lipinski definition) is 1. The summed E-state index contributed by atoms with van der Waals surface area (Å²) in [4.78, 5) is 0. The van der Waals surface area contributed by atoms with Gasteiger partial charge in [-0.1, -0.05) is 0 Å². The van der Waals surface area contributed by atoms with Gasteiger partial charge in [0.15, 0.2) is 0 Å². The molecule has 3 nitrogen and oxygen atoms in total. The Labute approximate surface area is 91.9 Å². The highest BCUT2D eigenvalue weighted by atomic mass is 15.3. The number of nitrogens with zero attached hydrogens (tertiary/aromatic N) is 2. The Morgan fingerprint density at radius 3 is 3.13 bits per heavy atom. The van der Waals surface area contributed by atoms with Crippen LogP contribution in [0.15, 0.2) is 12.3 Å². The summed E-state index contributed by atoms with van der Waals surface area (Å²) in [6.07, 6.45) is 10.2. The molecule has 0 radical (unpaired) electrons. The Morgan fingerprint density at radius 1 is 1.53 bits per heavy atom. The summed E-state index contributed by atoms with van der Waals surface area (Å²) in [5, 5.41) is 7.61. The monoisotopic (exact) mass is 205 g/mol. The molecule has 0 saturated heterocycles. The largest absolute Gasteiger partial charge is 0.311 e. The molecule has 0 aliphatic rings. The lowest BCUT2D eigenvalue weighted by atomic mass is 10.2. The molecule has 1 aromatic rings. The maximum atomic E-state index is 5.18. The first-order valence-electron chi connectivity index (χ1n) is 5.53. The summed E-state index contributed by atoms with van der Waals surface area (Å²) in [5.74, 6) is 2.65. The first-order chi connectivity index (χ1) is 7.38. The Kier molecular flexibility index (Phi) is 5.57. The molecule has 0 fully saturated rings. The van der Waals surface area contributed by atoms with E-state index in [9.17, 15) is 0 Å². The van der Waals surface area contributed by atoms with Gasteiger partial charge in [-0.15, -0.1) is 12.3 Å². The molecule has 0 amide bonds. The van der Waals surface area contributed by atoms with Crippen molar-refractivity contribution in [1.29, 1.82) is 0 Å². The Bertz CT molecular complexity index is 309. The van der Waals surface area contributed by atoms with Crippen LogP contribution in [0.1, 0.15) is 31.9 Å². The highest BCUT2D eigenvalue weighted by Crippen LogP contribution is 1.98. The molecule has 0 saturated carbocycles. The van der Waals surface area contributed by atoms with Gasteiger partial charge in [-0.05, 0) is 32.4 Å². The number of terminal acetylenes is 1. The van der Waals surface area contributed by atoms with Crippen molar-refractivity contribution in [1.82, 2.24) is 15.1 Å². The third-order valence-electron chi connectivity index (χ3n) is 2.33. The first kappa shape index (κ1) is 11.8. The second-order valence-electron chi connectivity index (χ2n) is 3.48. The van der Waals surface area contributed by atoms with Crippen LogP contribution in [-0.4, -0.2) is 16.3 Å². The summed E-state index contributed by atoms with van der Waals surface area (Å²) in [5.41, 5.74) is 1.24. The fourth-order valence-corrected chi connectivity index (χ4v) is 1.49. The minimum absolute atomic E-state index is 0.884. The summed E-state index contributed by atoms with van der Waals surface area (Å²) in [6, 6.07) is 2.05. The smallest absolute Gasteiger partial charge is 0.0521 e. The Hall–Kier alpha value is -1.27. The van der Waals surface area contributed by atoms with E-state index in [0.29, 0.717) is 0 Å². The van der Waals surface area contributed by atoms with Crippen molar-refractivity contribution in [2.45, 2.75) is 39.3 Å². The maximum absolute atomic E-state index is 5.18. The molecule has 1 heterocycles. The van der Waals surface area contributed by atoms with Gasteiger partial charge >= 0.3 is 0 Å². The first-order valence-corrected chi connectivity index (χ1v) is 5.53. The van der Waals surface area contributed by atoms with Crippen molar-refractivity contribution in [3.63, 3.8) is 0 Å². The molecule has 1 N–H and O–H groups in total. The molecule has 82 valence electrons. The zero-order valence-electron chi connectivity index (χ0n) is 9.37. The lowest BCUT2D eigenvalue weighted by Crippen LogP contribution is -2.17. The highest BCUT2D eigenvalue weighted by molar-refractivity contribution is 4.99. The van der Waals surface area contributed by atoms with Crippen LogP contribution < -0.4 is 5.32 Å². The number of aryl methyl sites for hydroxylation is 1. The number of unbranched alkanes of at least 4 members (excludes halogenated alkanes) is 2. The van der Waals surface area contributed by atoms with Crippen LogP contribution in [0.25, 0.3) is 0 Å². The quantitative estimate of drug-likeness (QED) is 0.543. The molecule has 15 heavy (non-hydrogen) atoms. The van der Waals surface area contributed by atoms with Crippen LogP contribution in [0.5, 0.6) is 0 Å². The maximum Gasteiger partial charge on any atom is 0.0521 e. The van der Waals surface area contributed by atoms with Crippen molar-refractivity contribution in [2.24, 2.45) is 0 Å². The summed E-state index contributed by atoms with van der Waals surface area (Å²) >= 11 is 0. The van der Waals surface area contributed by atoms with Crippen LogP contribution in [-0.2, 0) is 13.1 Å². The van der Waals surface area contributed by atoms with E-state index < -0.39 is 0 Å². The van der Waals surface area contributed by atoms with Crippen LogP contribution in [0.3, 0.4) is 0 Å². The van der Waals surface area contributed by atoms with E-state index in [-0.39, 0.29) is 0 Å². The minimum atomic E-state index is 0.884. The molecule has 1 rings (SSSR count). The lowest BCUT2D eigenvalue weighted by Gasteiger charge is -2.06. The molecule has 1 aromatic heterocycles. The fraction of sp³-hybridized carbons (Fsp3) is 0.583.